The quantitative estimate of drug-likeness (QED) is 0.786. The highest BCUT2D eigenvalue weighted by Gasteiger charge is 2.28. The molecule has 1 heterocycles. The van der Waals surface area contributed by atoms with E-state index in [1.165, 1.54) is 18.2 Å². The van der Waals surface area contributed by atoms with Crippen molar-refractivity contribution in [2.75, 3.05) is 19.6 Å². The molecule has 2 rings (SSSR count). The van der Waals surface area contributed by atoms with Gasteiger partial charge in [0.05, 0.1) is 0 Å². The van der Waals surface area contributed by atoms with Gasteiger partial charge in [-0.15, -0.1) is 0 Å². The van der Waals surface area contributed by atoms with Gasteiger partial charge < -0.3 is 10.2 Å². The Hall–Kier alpha value is -1.75. The van der Waals surface area contributed by atoms with Crippen molar-refractivity contribution in [1.82, 2.24) is 10.2 Å². The summed E-state index contributed by atoms with van der Waals surface area (Å²) in [5.41, 5.74) is 0.329. The first-order chi connectivity index (χ1) is 11.0. The minimum absolute atomic E-state index is 0.0119. The number of amides is 1. The van der Waals surface area contributed by atoms with Gasteiger partial charge in [0.25, 0.3) is 0 Å². The number of rotatable bonds is 7. The van der Waals surface area contributed by atoms with Gasteiger partial charge >= 0.3 is 0 Å². The van der Waals surface area contributed by atoms with Crippen LogP contribution in [0.1, 0.15) is 43.5 Å². The fourth-order valence-electron chi connectivity index (χ4n) is 3.06. The summed E-state index contributed by atoms with van der Waals surface area (Å²) < 4.78 is 13.3. The number of hydrogen-bond acceptors (Lipinski definition) is 3. The van der Waals surface area contributed by atoms with Crippen LogP contribution in [0.5, 0.6) is 0 Å². The van der Waals surface area contributed by atoms with Crippen molar-refractivity contribution in [2.45, 2.75) is 39.2 Å². The molecule has 1 fully saturated rings. The number of hydrogen-bond donors (Lipinski definition) is 1. The van der Waals surface area contributed by atoms with Crippen LogP contribution >= 0.6 is 0 Å². The first-order valence-electron chi connectivity index (χ1n) is 8.33. The molecule has 1 saturated heterocycles. The van der Waals surface area contributed by atoms with Crippen LogP contribution in [-0.2, 0) is 4.79 Å². The van der Waals surface area contributed by atoms with Gasteiger partial charge in [-0.1, -0.05) is 26.0 Å². The molecule has 0 saturated carbocycles. The van der Waals surface area contributed by atoms with E-state index >= 15 is 0 Å². The molecule has 5 heteroatoms. The highest BCUT2D eigenvalue weighted by Crippen LogP contribution is 2.17. The molecule has 23 heavy (non-hydrogen) atoms. The van der Waals surface area contributed by atoms with Crippen LogP contribution in [0.15, 0.2) is 24.3 Å². The summed E-state index contributed by atoms with van der Waals surface area (Å²) >= 11 is 0. The van der Waals surface area contributed by atoms with Crippen LogP contribution in [-0.4, -0.2) is 42.3 Å². The predicted molar refractivity (Wildman–Crippen MR) is 87.8 cm³/mol. The zero-order valence-corrected chi connectivity index (χ0v) is 13.8. The predicted octanol–water partition coefficient (Wildman–Crippen LogP) is 2.64. The number of carbonyl (C=O) groups is 2. The molecular weight excluding hydrogens is 295 g/mol. The standard InChI is InChI=1S/C18H25FN2O2/c1-3-9-21(16-7-8-20-12-16)17(22)10-13(2)18(23)14-5-4-6-15(19)11-14/h4-6,11,13,16,20H,3,7-10,12H2,1-2H3. The van der Waals surface area contributed by atoms with E-state index in [9.17, 15) is 14.0 Å². The Morgan fingerprint density at radius 2 is 2.22 bits per heavy atom. The molecule has 2 atom stereocenters. The normalized spacial score (nSPS) is 18.7. The Bertz CT molecular complexity index is 556. The Balaban J connectivity index is 2.00. The molecule has 1 aliphatic rings. The van der Waals surface area contributed by atoms with Crippen LogP contribution in [0.3, 0.4) is 0 Å². The molecule has 1 aromatic rings. The molecule has 0 radical (unpaired) electrons. The molecule has 1 aromatic carbocycles. The summed E-state index contributed by atoms with van der Waals surface area (Å²) in [7, 11) is 0. The minimum atomic E-state index is -0.446. The Morgan fingerprint density at radius 1 is 1.43 bits per heavy atom. The fourth-order valence-corrected chi connectivity index (χ4v) is 3.06. The van der Waals surface area contributed by atoms with Gasteiger partial charge in [0.2, 0.25) is 5.91 Å². The monoisotopic (exact) mass is 320 g/mol. The Labute approximate surface area is 137 Å². The molecule has 2 unspecified atom stereocenters. The third-order valence-corrected chi connectivity index (χ3v) is 4.30. The van der Waals surface area contributed by atoms with Crippen LogP contribution in [0.2, 0.25) is 0 Å². The van der Waals surface area contributed by atoms with Crippen molar-refractivity contribution in [3.8, 4) is 0 Å². The van der Waals surface area contributed by atoms with E-state index in [1.807, 2.05) is 11.8 Å². The largest absolute Gasteiger partial charge is 0.338 e. The smallest absolute Gasteiger partial charge is 0.223 e. The molecule has 0 bridgehead atoms. The zero-order chi connectivity index (χ0) is 16.8. The van der Waals surface area contributed by atoms with Gasteiger partial charge in [0.1, 0.15) is 5.82 Å². The molecule has 4 nitrogen and oxygen atoms in total. The number of ketones is 1. The van der Waals surface area contributed by atoms with E-state index in [2.05, 4.69) is 5.32 Å². The number of benzene rings is 1. The average Bonchev–Trinajstić information content (AvgIpc) is 3.05. The molecular formula is C18H25FN2O2. The lowest BCUT2D eigenvalue weighted by Gasteiger charge is -2.29. The number of carbonyl (C=O) groups excluding carboxylic acids is 2. The summed E-state index contributed by atoms with van der Waals surface area (Å²) in [5, 5.41) is 3.27. The summed E-state index contributed by atoms with van der Waals surface area (Å²) in [6.45, 7) is 6.24. The Morgan fingerprint density at radius 3 is 2.83 bits per heavy atom. The maximum Gasteiger partial charge on any atom is 0.223 e. The SMILES string of the molecule is CCCN(C(=O)CC(C)C(=O)c1cccc(F)c1)C1CCNC1. The fraction of sp³-hybridized carbons (Fsp3) is 0.556. The van der Waals surface area contributed by atoms with Crippen molar-refractivity contribution < 1.29 is 14.0 Å². The van der Waals surface area contributed by atoms with Crippen LogP contribution in [0, 0.1) is 11.7 Å². The first kappa shape index (κ1) is 17.6. The van der Waals surface area contributed by atoms with Gasteiger partial charge in [0.15, 0.2) is 5.78 Å². The number of halogens is 1. The highest BCUT2D eigenvalue weighted by molar-refractivity contribution is 5.99. The topological polar surface area (TPSA) is 49.4 Å². The lowest BCUT2D eigenvalue weighted by Crippen LogP contribution is -2.43. The van der Waals surface area contributed by atoms with E-state index in [4.69, 9.17) is 0 Å². The molecule has 1 aliphatic heterocycles. The van der Waals surface area contributed by atoms with Crippen LogP contribution < -0.4 is 5.32 Å². The van der Waals surface area contributed by atoms with Crippen molar-refractivity contribution in [1.29, 1.82) is 0 Å². The highest BCUT2D eigenvalue weighted by atomic mass is 19.1. The molecule has 1 N–H and O–H groups in total. The second-order valence-corrected chi connectivity index (χ2v) is 6.21. The first-order valence-corrected chi connectivity index (χ1v) is 8.33. The lowest BCUT2D eigenvalue weighted by molar-refractivity contribution is -0.133. The van der Waals surface area contributed by atoms with E-state index in [0.717, 1.165) is 25.9 Å². The third-order valence-electron chi connectivity index (χ3n) is 4.30. The van der Waals surface area contributed by atoms with Gasteiger partial charge in [-0.05, 0) is 31.5 Å². The zero-order valence-electron chi connectivity index (χ0n) is 13.8. The summed E-state index contributed by atoms with van der Waals surface area (Å²) in [6, 6.07) is 5.87. The lowest BCUT2D eigenvalue weighted by atomic mass is 9.95. The molecule has 0 aliphatic carbocycles. The van der Waals surface area contributed by atoms with Crippen molar-refractivity contribution in [3.05, 3.63) is 35.6 Å². The molecule has 126 valence electrons. The van der Waals surface area contributed by atoms with E-state index in [0.29, 0.717) is 12.1 Å². The average molecular weight is 320 g/mol. The van der Waals surface area contributed by atoms with Crippen molar-refractivity contribution in [3.63, 3.8) is 0 Å². The second kappa shape index (κ2) is 8.20. The van der Waals surface area contributed by atoms with Gasteiger partial charge in [0, 0.05) is 37.0 Å². The van der Waals surface area contributed by atoms with Crippen LogP contribution in [0.25, 0.3) is 0 Å². The third kappa shape index (κ3) is 4.61. The molecule has 0 aromatic heterocycles. The van der Waals surface area contributed by atoms with Crippen molar-refractivity contribution in [2.24, 2.45) is 5.92 Å². The summed E-state index contributed by atoms with van der Waals surface area (Å²) in [4.78, 5) is 26.9. The maximum atomic E-state index is 13.3. The minimum Gasteiger partial charge on any atom is -0.338 e. The number of nitrogens with one attached hydrogen (secondary N) is 1. The number of Topliss-reactive ketones (excluding diaryl/α,β-unsaturated/α-hetero) is 1. The van der Waals surface area contributed by atoms with Crippen molar-refractivity contribution >= 4 is 11.7 Å². The van der Waals surface area contributed by atoms with E-state index in [1.54, 1.807) is 13.0 Å². The second-order valence-electron chi connectivity index (χ2n) is 6.21. The number of nitrogens with zero attached hydrogens (tertiary/aromatic N) is 1. The molecule has 1 amide bonds. The van der Waals surface area contributed by atoms with Gasteiger partial charge in [-0.25, -0.2) is 4.39 Å². The maximum absolute atomic E-state index is 13.3. The Kier molecular flexibility index (Phi) is 6.28. The van der Waals surface area contributed by atoms with E-state index in [-0.39, 0.29) is 24.2 Å². The molecule has 0 spiro atoms. The van der Waals surface area contributed by atoms with Gasteiger partial charge in [-0.3, -0.25) is 9.59 Å². The van der Waals surface area contributed by atoms with Gasteiger partial charge in [-0.2, -0.15) is 0 Å². The summed E-state index contributed by atoms with van der Waals surface area (Å²) in [6.07, 6.45) is 2.03. The van der Waals surface area contributed by atoms with E-state index < -0.39 is 11.7 Å². The van der Waals surface area contributed by atoms with Crippen LogP contribution in [0.4, 0.5) is 4.39 Å². The summed E-state index contributed by atoms with van der Waals surface area (Å²) in [5.74, 6) is -1.05.